The molecule has 0 spiro atoms. The molecule has 0 aliphatic heterocycles. The molecule has 0 saturated heterocycles. The first kappa shape index (κ1) is 8.66. The predicted molar refractivity (Wildman–Crippen MR) is 40.9 cm³/mol. The summed E-state index contributed by atoms with van der Waals surface area (Å²) < 4.78 is 24.4. The van der Waals surface area contributed by atoms with Crippen molar-refractivity contribution in [1.82, 2.24) is 0 Å². The second-order valence-electron chi connectivity index (χ2n) is 2.48. The van der Waals surface area contributed by atoms with Crippen molar-refractivity contribution in [1.29, 1.82) is 5.26 Å². The van der Waals surface area contributed by atoms with E-state index in [1.807, 2.05) is 6.07 Å². The van der Waals surface area contributed by atoms with Crippen LogP contribution in [0.4, 0.5) is 8.78 Å². The number of nitriles is 1. The molecule has 1 aromatic rings. The summed E-state index contributed by atoms with van der Waals surface area (Å²) in [5.41, 5.74) is 0.870. The molecular weight excluding hydrogens is 160 g/mol. The Labute approximate surface area is 69.2 Å². The summed E-state index contributed by atoms with van der Waals surface area (Å²) in [6.45, 7) is 1.57. The molecule has 1 nitrogen and oxygen atoms in total. The van der Waals surface area contributed by atoms with Crippen LogP contribution in [0.25, 0.3) is 0 Å². The van der Waals surface area contributed by atoms with Crippen LogP contribution in [0.2, 0.25) is 0 Å². The number of alkyl halides is 2. The van der Waals surface area contributed by atoms with Gasteiger partial charge in [-0.3, -0.25) is 0 Å². The lowest BCUT2D eigenvalue weighted by Crippen LogP contribution is -1.89. The molecule has 1 aromatic carbocycles. The van der Waals surface area contributed by atoms with Crippen LogP contribution in [-0.2, 0) is 0 Å². The summed E-state index contributed by atoms with van der Waals surface area (Å²) in [5.74, 6) is 0. The molecule has 0 bridgehead atoms. The maximum atomic E-state index is 12.2. The molecule has 0 saturated carbocycles. The van der Waals surface area contributed by atoms with E-state index in [-0.39, 0.29) is 5.56 Å². The Kier molecular flexibility index (Phi) is 2.39. The normalized spacial score (nSPS) is 9.92. The highest BCUT2D eigenvalue weighted by Crippen LogP contribution is 2.22. The Morgan fingerprint density at radius 1 is 1.42 bits per heavy atom. The van der Waals surface area contributed by atoms with Gasteiger partial charge in [0.05, 0.1) is 11.6 Å². The van der Waals surface area contributed by atoms with Gasteiger partial charge in [-0.1, -0.05) is 6.07 Å². The second kappa shape index (κ2) is 3.31. The van der Waals surface area contributed by atoms with Gasteiger partial charge in [-0.25, -0.2) is 8.78 Å². The molecular formula is C9H7F2N. The van der Waals surface area contributed by atoms with Crippen LogP contribution in [0.1, 0.15) is 23.1 Å². The fraction of sp³-hybridized carbons (Fsp3) is 0.222. The first-order valence-corrected chi connectivity index (χ1v) is 3.44. The summed E-state index contributed by atoms with van der Waals surface area (Å²) in [4.78, 5) is 0. The number of halogens is 2. The summed E-state index contributed by atoms with van der Waals surface area (Å²) in [7, 11) is 0. The van der Waals surface area contributed by atoms with Crippen LogP contribution < -0.4 is 0 Å². The molecule has 0 heterocycles. The van der Waals surface area contributed by atoms with Crippen LogP contribution in [-0.4, -0.2) is 0 Å². The van der Waals surface area contributed by atoms with Gasteiger partial charge in [0.2, 0.25) is 0 Å². The molecule has 62 valence electrons. The molecule has 0 aliphatic carbocycles. The van der Waals surface area contributed by atoms with Crippen molar-refractivity contribution in [3.63, 3.8) is 0 Å². The molecule has 0 amide bonds. The van der Waals surface area contributed by atoms with Gasteiger partial charge in [0.1, 0.15) is 0 Å². The van der Waals surface area contributed by atoms with Crippen LogP contribution in [0.5, 0.6) is 0 Å². The summed E-state index contributed by atoms with van der Waals surface area (Å²) >= 11 is 0. The third-order valence-electron chi connectivity index (χ3n) is 1.63. The van der Waals surface area contributed by atoms with Crippen molar-refractivity contribution >= 4 is 0 Å². The Morgan fingerprint density at radius 3 is 2.50 bits per heavy atom. The molecule has 0 aromatic heterocycles. The highest BCUT2D eigenvalue weighted by atomic mass is 19.3. The van der Waals surface area contributed by atoms with E-state index in [9.17, 15) is 8.78 Å². The maximum absolute atomic E-state index is 12.2. The average molecular weight is 167 g/mol. The molecule has 0 N–H and O–H groups in total. The number of rotatable bonds is 1. The Bertz CT molecular complexity index is 326. The van der Waals surface area contributed by atoms with Crippen molar-refractivity contribution in [3.8, 4) is 6.07 Å². The monoisotopic (exact) mass is 167 g/mol. The Hall–Kier alpha value is -1.43. The first-order valence-electron chi connectivity index (χ1n) is 3.44. The Morgan fingerprint density at radius 2 is 2.08 bits per heavy atom. The van der Waals surface area contributed by atoms with Crippen molar-refractivity contribution in [2.45, 2.75) is 13.3 Å². The van der Waals surface area contributed by atoms with E-state index in [4.69, 9.17) is 5.26 Å². The highest BCUT2D eigenvalue weighted by molar-refractivity contribution is 5.37. The minimum absolute atomic E-state index is 0.00556. The van der Waals surface area contributed by atoms with Gasteiger partial charge >= 0.3 is 0 Å². The van der Waals surface area contributed by atoms with Gasteiger partial charge in [0.25, 0.3) is 6.43 Å². The molecule has 0 unspecified atom stereocenters. The van der Waals surface area contributed by atoms with Crippen molar-refractivity contribution < 1.29 is 8.78 Å². The van der Waals surface area contributed by atoms with Crippen LogP contribution in [0.3, 0.4) is 0 Å². The molecule has 0 radical (unpaired) electrons. The fourth-order valence-electron chi connectivity index (χ4n) is 0.990. The van der Waals surface area contributed by atoms with Gasteiger partial charge in [-0.05, 0) is 24.6 Å². The minimum Gasteiger partial charge on any atom is -0.205 e. The summed E-state index contributed by atoms with van der Waals surface area (Å²) in [5, 5.41) is 8.45. The van der Waals surface area contributed by atoms with Gasteiger partial charge < -0.3 is 0 Å². The van der Waals surface area contributed by atoms with E-state index in [1.54, 1.807) is 6.92 Å². The van der Waals surface area contributed by atoms with Gasteiger partial charge in [-0.15, -0.1) is 0 Å². The molecule has 3 heteroatoms. The quantitative estimate of drug-likeness (QED) is 0.630. The third kappa shape index (κ3) is 1.59. The fourth-order valence-corrected chi connectivity index (χ4v) is 0.990. The van der Waals surface area contributed by atoms with Crippen molar-refractivity contribution in [2.75, 3.05) is 0 Å². The molecule has 0 atom stereocenters. The zero-order valence-corrected chi connectivity index (χ0v) is 6.51. The SMILES string of the molecule is Cc1cc(C#N)ccc1C(F)F. The van der Waals surface area contributed by atoms with Gasteiger partial charge in [0, 0.05) is 5.56 Å². The highest BCUT2D eigenvalue weighted by Gasteiger charge is 2.09. The number of aryl methyl sites for hydroxylation is 1. The van der Waals surface area contributed by atoms with E-state index in [0.29, 0.717) is 11.1 Å². The minimum atomic E-state index is -2.46. The van der Waals surface area contributed by atoms with E-state index < -0.39 is 6.43 Å². The van der Waals surface area contributed by atoms with Crippen LogP contribution in [0, 0.1) is 18.3 Å². The average Bonchev–Trinajstić information content (AvgIpc) is 2.03. The summed E-state index contributed by atoms with van der Waals surface area (Å²) in [6.07, 6.45) is -2.46. The molecule has 12 heavy (non-hydrogen) atoms. The van der Waals surface area contributed by atoms with Crippen LogP contribution in [0.15, 0.2) is 18.2 Å². The van der Waals surface area contributed by atoms with E-state index >= 15 is 0 Å². The van der Waals surface area contributed by atoms with Crippen molar-refractivity contribution in [2.24, 2.45) is 0 Å². The van der Waals surface area contributed by atoms with Gasteiger partial charge in [-0.2, -0.15) is 5.26 Å². The maximum Gasteiger partial charge on any atom is 0.264 e. The van der Waals surface area contributed by atoms with Crippen molar-refractivity contribution in [3.05, 3.63) is 34.9 Å². The zero-order valence-electron chi connectivity index (χ0n) is 6.51. The third-order valence-corrected chi connectivity index (χ3v) is 1.63. The smallest absolute Gasteiger partial charge is 0.205 e. The second-order valence-corrected chi connectivity index (χ2v) is 2.48. The van der Waals surface area contributed by atoms with E-state index in [2.05, 4.69) is 0 Å². The largest absolute Gasteiger partial charge is 0.264 e. The van der Waals surface area contributed by atoms with Gasteiger partial charge in [0.15, 0.2) is 0 Å². The number of benzene rings is 1. The number of hydrogen-bond donors (Lipinski definition) is 0. The lowest BCUT2D eigenvalue weighted by Gasteiger charge is -2.03. The Balaban J connectivity index is 3.14. The number of hydrogen-bond acceptors (Lipinski definition) is 1. The lowest BCUT2D eigenvalue weighted by molar-refractivity contribution is 0.150. The zero-order chi connectivity index (χ0) is 9.14. The molecule has 0 aliphatic rings. The number of nitrogens with zero attached hydrogens (tertiary/aromatic N) is 1. The molecule has 0 fully saturated rings. The lowest BCUT2D eigenvalue weighted by atomic mass is 10.1. The first-order chi connectivity index (χ1) is 5.65. The molecule has 1 rings (SSSR count). The standard InChI is InChI=1S/C9H7F2N/c1-6-4-7(5-12)2-3-8(6)9(10)11/h2-4,9H,1H3. The predicted octanol–water partition coefficient (Wildman–Crippen LogP) is 2.80. The van der Waals surface area contributed by atoms with E-state index in [1.165, 1.54) is 18.2 Å². The van der Waals surface area contributed by atoms with E-state index in [0.717, 1.165) is 0 Å². The van der Waals surface area contributed by atoms with Crippen LogP contribution >= 0.6 is 0 Å². The summed E-state index contributed by atoms with van der Waals surface area (Å²) in [6, 6.07) is 6.04. The topological polar surface area (TPSA) is 23.8 Å².